The Morgan fingerprint density at radius 3 is 2.65 bits per heavy atom. The van der Waals surface area contributed by atoms with Gasteiger partial charge in [0.2, 0.25) is 0 Å². The highest BCUT2D eigenvalue weighted by Crippen LogP contribution is 2.32. The second-order valence-electron chi connectivity index (χ2n) is 3.84. The first kappa shape index (κ1) is 9.84. The Kier molecular flexibility index (Phi) is 2.08. The number of aromatic nitrogens is 2. The molecule has 0 amide bonds. The Bertz CT molecular complexity index is 674. The van der Waals surface area contributed by atoms with Crippen LogP contribution in [0.5, 0.6) is 0 Å². The zero-order valence-electron chi connectivity index (χ0n) is 8.94. The van der Waals surface area contributed by atoms with E-state index in [-0.39, 0.29) is 5.82 Å². The van der Waals surface area contributed by atoms with Gasteiger partial charge in [0.05, 0.1) is 11.4 Å². The average Bonchev–Trinajstić information content (AvgIpc) is 2.68. The van der Waals surface area contributed by atoms with Gasteiger partial charge in [0.15, 0.2) is 0 Å². The highest BCUT2D eigenvalue weighted by atomic mass is 19.1. The number of hydrogen-bond acceptors (Lipinski definition) is 2. The standard InChI is InChI=1S/C13H10FN3/c14-9-1-2-11-10(7-9)12(15)13(17-11)8-3-5-16-6-4-8/h1-7,17H,15H2. The van der Waals surface area contributed by atoms with Gasteiger partial charge in [-0.2, -0.15) is 0 Å². The van der Waals surface area contributed by atoms with Crippen LogP contribution in [0.2, 0.25) is 0 Å². The molecule has 2 heterocycles. The number of fused-ring (bicyclic) bond motifs is 1. The summed E-state index contributed by atoms with van der Waals surface area (Å²) in [7, 11) is 0. The summed E-state index contributed by atoms with van der Waals surface area (Å²) in [5.41, 5.74) is 9.15. The lowest BCUT2D eigenvalue weighted by atomic mass is 10.1. The second-order valence-corrected chi connectivity index (χ2v) is 3.84. The predicted molar refractivity (Wildman–Crippen MR) is 65.9 cm³/mol. The molecule has 0 radical (unpaired) electrons. The number of pyridine rings is 1. The van der Waals surface area contributed by atoms with Crippen molar-refractivity contribution < 1.29 is 4.39 Å². The van der Waals surface area contributed by atoms with E-state index in [9.17, 15) is 4.39 Å². The molecule has 0 unspecified atom stereocenters. The number of nitrogen functional groups attached to an aromatic ring is 1. The van der Waals surface area contributed by atoms with Crippen molar-refractivity contribution in [3.63, 3.8) is 0 Å². The molecule has 0 bridgehead atoms. The molecule has 0 spiro atoms. The van der Waals surface area contributed by atoms with E-state index < -0.39 is 0 Å². The predicted octanol–water partition coefficient (Wildman–Crippen LogP) is 2.95. The van der Waals surface area contributed by atoms with Crippen LogP contribution in [0.3, 0.4) is 0 Å². The van der Waals surface area contributed by atoms with Gasteiger partial charge in [-0.05, 0) is 30.3 Å². The van der Waals surface area contributed by atoms with Crippen LogP contribution in [0.4, 0.5) is 10.1 Å². The Morgan fingerprint density at radius 1 is 1.12 bits per heavy atom. The van der Waals surface area contributed by atoms with Gasteiger partial charge in [0.1, 0.15) is 5.82 Å². The molecule has 17 heavy (non-hydrogen) atoms. The Labute approximate surface area is 97.1 Å². The molecular formula is C13H10FN3. The Balaban J connectivity index is 2.28. The van der Waals surface area contributed by atoms with E-state index in [1.165, 1.54) is 12.1 Å². The lowest BCUT2D eigenvalue weighted by Gasteiger charge is -1.98. The smallest absolute Gasteiger partial charge is 0.124 e. The minimum atomic E-state index is -0.288. The van der Waals surface area contributed by atoms with E-state index in [4.69, 9.17) is 5.73 Å². The lowest BCUT2D eigenvalue weighted by Crippen LogP contribution is -1.87. The monoisotopic (exact) mass is 227 g/mol. The van der Waals surface area contributed by atoms with Crippen molar-refractivity contribution in [1.82, 2.24) is 9.97 Å². The largest absolute Gasteiger partial charge is 0.396 e. The summed E-state index contributed by atoms with van der Waals surface area (Å²) in [5, 5.41) is 0.705. The molecule has 84 valence electrons. The Hall–Kier alpha value is -2.36. The number of aromatic amines is 1. The van der Waals surface area contributed by atoms with Gasteiger partial charge in [-0.1, -0.05) is 0 Å². The van der Waals surface area contributed by atoms with Crippen molar-refractivity contribution in [3.8, 4) is 11.3 Å². The summed E-state index contributed by atoms with van der Waals surface area (Å²) in [6, 6.07) is 8.25. The fourth-order valence-corrected chi connectivity index (χ4v) is 1.93. The number of nitrogens with two attached hydrogens (primary N) is 1. The van der Waals surface area contributed by atoms with Gasteiger partial charge in [-0.15, -0.1) is 0 Å². The number of hydrogen-bond donors (Lipinski definition) is 2. The van der Waals surface area contributed by atoms with Crippen LogP contribution in [-0.4, -0.2) is 9.97 Å². The number of H-pyrrole nitrogens is 1. The molecule has 2 aromatic heterocycles. The molecule has 0 fully saturated rings. The summed E-state index contributed by atoms with van der Waals surface area (Å²) in [4.78, 5) is 7.14. The topological polar surface area (TPSA) is 54.7 Å². The lowest BCUT2D eigenvalue weighted by molar-refractivity contribution is 0.630. The molecule has 3 nitrogen and oxygen atoms in total. The van der Waals surface area contributed by atoms with E-state index >= 15 is 0 Å². The summed E-state index contributed by atoms with van der Waals surface area (Å²) in [6.07, 6.45) is 3.39. The van der Waals surface area contributed by atoms with Gasteiger partial charge >= 0.3 is 0 Å². The van der Waals surface area contributed by atoms with Crippen molar-refractivity contribution in [2.45, 2.75) is 0 Å². The molecule has 0 saturated carbocycles. The van der Waals surface area contributed by atoms with E-state index in [0.29, 0.717) is 11.1 Å². The quantitative estimate of drug-likeness (QED) is 0.671. The van der Waals surface area contributed by atoms with Crippen LogP contribution in [0.1, 0.15) is 0 Å². The molecule has 4 heteroatoms. The summed E-state index contributed by atoms with van der Waals surface area (Å²) in [6.45, 7) is 0. The average molecular weight is 227 g/mol. The van der Waals surface area contributed by atoms with Gasteiger partial charge < -0.3 is 10.7 Å². The minimum absolute atomic E-state index is 0.288. The van der Waals surface area contributed by atoms with Gasteiger partial charge in [0.25, 0.3) is 0 Å². The normalized spacial score (nSPS) is 10.9. The molecular weight excluding hydrogens is 217 g/mol. The maximum absolute atomic E-state index is 13.1. The molecule has 3 aromatic rings. The number of halogens is 1. The third kappa shape index (κ3) is 1.54. The number of rotatable bonds is 1. The van der Waals surface area contributed by atoms with Gasteiger partial charge in [-0.3, -0.25) is 4.98 Å². The molecule has 0 atom stereocenters. The van der Waals surface area contributed by atoms with E-state index in [0.717, 1.165) is 16.8 Å². The molecule has 0 aliphatic rings. The highest BCUT2D eigenvalue weighted by molar-refractivity contribution is 5.99. The first-order valence-corrected chi connectivity index (χ1v) is 5.23. The zero-order valence-corrected chi connectivity index (χ0v) is 8.94. The van der Waals surface area contributed by atoms with E-state index in [1.807, 2.05) is 12.1 Å². The van der Waals surface area contributed by atoms with Crippen molar-refractivity contribution in [1.29, 1.82) is 0 Å². The van der Waals surface area contributed by atoms with Crippen molar-refractivity contribution in [3.05, 3.63) is 48.5 Å². The molecule has 1 aromatic carbocycles. The van der Waals surface area contributed by atoms with Gasteiger partial charge in [-0.25, -0.2) is 4.39 Å². The van der Waals surface area contributed by atoms with Crippen LogP contribution in [-0.2, 0) is 0 Å². The van der Waals surface area contributed by atoms with Crippen molar-refractivity contribution in [2.24, 2.45) is 0 Å². The number of nitrogens with zero attached hydrogens (tertiary/aromatic N) is 1. The van der Waals surface area contributed by atoms with Crippen LogP contribution in [0.15, 0.2) is 42.7 Å². The van der Waals surface area contributed by atoms with Crippen LogP contribution >= 0.6 is 0 Å². The van der Waals surface area contributed by atoms with Crippen LogP contribution < -0.4 is 5.73 Å². The molecule has 0 saturated heterocycles. The van der Waals surface area contributed by atoms with Crippen molar-refractivity contribution >= 4 is 16.6 Å². The third-order valence-corrected chi connectivity index (χ3v) is 2.77. The first-order valence-electron chi connectivity index (χ1n) is 5.23. The summed E-state index contributed by atoms with van der Waals surface area (Å²) in [5.74, 6) is -0.288. The number of benzene rings is 1. The molecule has 3 rings (SSSR count). The summed E-state index contributed by atoms with van der Waals surface area (Å²) < 4.78 is 13.1. The Morgan fingerprint density at radius 2 is 1.88 bits per heavy atom. The number of anilines is 1. The SMILES string of the molecule is Nc1c(-c2ccncc2)[nH]c2ccc(F)cc12. The van der Waals surface area contributed by atoms with E-state index in [2.05, 4.69) is 9.97 Å². The third-order valence-electron chi connectivity index (χ3n) is 2.77. The maximum atomic E-state index is 13.1. The van der Waals surface area contributed by atoms with Crippen LogP contribution in [0.25, 0.3) is 22.2 Å². The van der Waals surface area contributed by atoms with Gasteiger partial charge in [0, 0.05) is 28.9 Å². The van der Waals surface area contributed by atoms with Crippen molar-refractivity contribution in [2.75, 3.05) is 5.73 Å². The second kappa shape index (κ2) is 3.59. The van der Waals surface area contributed by atoms with Crippen LogP contribution in [0, 0.1) is 5.82 Å². The molecule has 0 aliphatic carbocycles. The fourth-order valence-electron chi connectivity index (χ4n) is 1.93. The molecule has 0 aliphatic heterocycles. The zero-order chi connectivity index (χ0) is 11.8. The minimum Gasteiger partial charge on any atom is -0.396 e. The van der Waals surface area contributed by atoms with E-state index in [1.54, 1.807) is 18.5 Å². The summed E-state index contributed by atoms with van der Waals surface area (Å²) >= 11 is 0. The first-order chi connectivity index (χ1) is 8.25. The number of nitrogens with one attached hydrogen (secondary N) is 1. The maximum Gasteiger partial charge on any atom is 0.124 e. The molecule has 3 N–H and O–H groups in total. The fraction of sp³-hybridized carbons (Fsp3) is 0. The highest BCUT2D eigenvalue weighted by Gasteiger charge is 2.10.